The standard InChI is InChI=1S/C16H27N3O2S.HI/c1-13-8-6-7-9-14(13)12-19-15(17-5)18-10-11-22(20,21)16(2,3)4;/h6-9H,10-12H2,1-5H3,(H2,17,18,19);1H. The highest BCUT2D eigenvalue weighted by Gasteiger charge is 2.28. The first-order valence-electron chi connectivity index (χ1n) is 7.38. The van der Waals surface area contributed by atoms with Gasteiger partial charge >= 0.3 is 0 Å². The van der Waals surface area contributed by atoms with Crippen molar-refractivity contribution < 1.29 is 8.42 Å². The summed E-state index contributed by atoms with van der Waals surface area (Å²) in [7, 11) is -1.45. The van der Waals surface area contributed by atoms with Crippen molar-refractivity contribution in [3.8, 4) is 0 Å². The van der Waals surface area contributed by atoms with Gasteiger partial charge in [-0.15, -0.1) is 24.0 Å². The maximum absolute atomic E-state index is 12.0. The number of hydrogen-bond donors (Lipinski definition) is 2. The van der Waals surface area contributed by atoms with Gasteiger partial charge in [-0.3, -0.25) is 4.99 Å². The largest absolute Gasteiger partial charge is 0.355 e. The van der Waals surface area contributed by atoms with Crippen LogP contribution in [0.1, 0.15) is 31.9 Å². The monoisotopic (exact) mass is 453 g/mol. The summed E-state index contributed by atoms with van der Waals surface area (Å²) in [4.78, 5) is 4.11. The van der Waals surface area contributed by atoms with Gasteiger partial charge in [-0.05, 0) is 38.8 Å². The molecule has 0 aromatic heterocycles. The van der Waals surface area contributed by atoms with Gasteiger partial charge in [-0.1, -0.05) is 24.3 Å². The summed E-state index contributed by atoms with van der Waals surface area (Å²) in [6, 6.07) is 8.11. The van der Waals surface area contributed by atoms with Crippen molar-refractivity contribution in [1.82, 2.24) is 10.6 Å². The first-order chi connectivity index (χ1) is 10.2. The molecule has 0 aliphatic heterocycles. The van der Waals surface area contributed by atoms with Crippen LogP contribution < -0.4 is 10.6 Å². The molecule has 2 N–H and O–H groups in total. The second kappa shape index (κ2) is 9.46. The second-order valence-electron chi connectivity index (χ2n) is 6.21. The van der Waals surface area contributed by atoms with Crippen LogP contribution in [0.5, 0.6) is 0 Å². The molecular formula is C16H28IN3O2S. The molecule has 0 amide bonds. The van der Waals surface area contributed by atoms with Crippen molar-refractivity contribution in [2.75, 3.05) is 19.3 Å². The van der Waals surface area contributed by atoms with E-state index in [1.165, 1.54) is 11.1 Å². The molecule has 0 saturated heterocycles. The summed E-state index contributed by atoms with van der Waals surface area (Å²) in [5.41, 5.74) is 2.40. The first kappa shape index (κ1) is 22.2. The highest BCUT2D eigenvalue weighted by Crippen LogP contribution is 2.15. The Morgan fingerprint density at radius 2 is 1.78 bits per heavy atom. The number of guanidine groups is 1. The van der Waals surface area contributed by atoms with Crippen LogP contribution in [0.2, 0.25) is 0 Å². The third-order valence-electron chi connectivity index (χ3n) is 3.53. The van der Waals surface area contributed by atoms with Gasteiger partial charge in [0.15, 0.2) is 15.8 Å². The Bertz CT molecular complexity index is 622. The van der Waals surface area contributed by atoms with E-state index in [-0.39, 0.29) is 29.7 Å². The predicted molar refractivity (Wildman–Crippen MR) is 108 cm³/mol. The maximum atomic E-state index is 12.0. The molecule has 0 unspecified atom stereocenters. The van der Waals surface area contributed by atoms with Crippen molar-refractivity contribution in [2.45, 2.75) is 39.0 Å². The summed E-state index contributed by atoms with van der Waals surface area (Å²) in [6.45, 7) is 8.20. The van der Waals surface area contributed by atoms with Crippen LogP contribution in [0, 0.1) is 6.92 Å². The third kappa shape index (κ3) is 7.07. The molecule has 132 valence electrons. The molecule has 0 bridgehead atoms. The molecule has 0 aliphatic carbocycles. The Hall–Kier alpha value is -0.830. The van der Waals surface area contributed by atoms with Gasteiger partial charge in [0.2, 0.25) is 0 Å². The molecule has 0 atom stereocenters. The number of nitrogens with one attached hydrogen (secondary N) is 2. The number of halogens is 1. The average molecular weight is 453 g/mol. The van der Waals surface area contributed by atoms with E-state index in [1.807, 2.05) is 12.1 Å². The van der Waals surface area contributed by atoms with Crippen LogP contribution in [-0.4, -0.2) is 38.5 Å². The van der Waals surface area contributed by atoms with Crippen molar-refractivity contribution in [2.24, 2.45) is 4.99 Å². The molecule has 1 rings (SSSR count). The highest BCUT2D eigenvalue weighted by molar-refractivity contribution is 14.0. The predicted octanol–water partition coefficient (Wildman–Crippen LogP) is 2.49. The summed E-state index contributed by atoms with van der Waals surface area (Å²) < 4.78 is 23.4. The molecule has 0 spiro atoms. The molecule has 0 radical (unpaired) electrons. The summed E-state index contributed by atoms with van der Waals surface area (Å²) in [5, 5.41) is 6.24. The Kier molecular flexibility index (Phi) is 9.12. The minimum absolute atomic E-state index is 0. The van der Waals surface area contributed by atoms with E-state index in [4.69, 9.17) is 0 Å². The van der Waals surface area contributed by atoms with Crippen molar-refractivity contribution >= 4 is 39.8 Å². The van der Waals surface area contributed by atoms with Crippen LogP contribution in [0.4, 0.5) is 0 Å². The Balaban J connectivity index is 0.00000484. The summed E-state index contributed by atoms with van der Waals surface area (Å²) in [6.07, 6.45) is 0. The Labute approximate surface area is 157 Å². The molecule has 1 aromatic rings. The molecule has 7 heteroatoms. The number of aryl methyl sites for hydroxylation is 1. The zero-order valence-electron chi connectivity index (χ0n) is 14.5. The van der Waals surface area contributed by atoms with Crippen molar-refractivity contribution in [3.63, 3.8) is 0 Å². The molecule has 1 aromatic carbocycles. The molecule has 0 aliphatic rings. The fourth-order valence-corrected chi connectivity index (χ4v) is 2.80. The quantitative estimate of drug-likeness (QED) is 0.409. The van der Waals surface area contributed by atoms with E-state index in [9.17, 15) is 8.42 Å². The Morgan fingerprint density at radius 3 is 2.30 bits per heavy atom. The van der Waals surface area contributed by atoms with E-state index in [1.54, 1.807) is 27.8 Å². The molecule has 5 nitrogen and oxygen atoms in total. The normalized spacial score (nSPS) is 12.5. The molecule has 0 heterocycles. The lowest BCUT2D eigenvalue weighted by molar-refractivity contribution is 0.559. The molecule has 0 fully saturated rings. The van der Waals surface area contributed by atoms with Gasteiger partial charge < -0.3 is 10.6 Å². The summed E-state index contributed by atoms with van der Waals surface area (Å²) in [5.74, 6) is 0.689. The van der Waals surface area contributed by atoms with Crippen molar-refractivity contribution in [1.29, 1.82) is 0 Å². The number of nitrogens with zero attached hydrogens (tertiary/aromatic N) is 1. The number of rotatable bonds is 5. The fraction of sp³-hybridized carbons (Fsp3) is 0.562. The lowest BCUT2D eigenvalue weighted by Gasteiger charge is -2.20. The van der Waals surface area contributed by atoms with Crippen molar-refractivity contribution in [3.05, 3.63) is 35.4 Å². The lowest BCUT2D eigenvalue weighted by Crippen LogP contribution is -2.41. The minimum atomic E-state index is -3.12. The maximum Gasteiger partial charge on any atom is 0.191 e. The van der Waals surface area contributed by atoms with E-state index >= 15 is 0 Å². The van der Waals surface area contributed by atoms with E-state index in [0.29, 0.717) is 19.0 Å². The smallest absolute Gasteiger partial charge is 0.191 e. The van der Waals surface area contributed by atoms with Gasteiger partial charge in [0.25, 0.3) is 0 Å². The van der Waals surface area contributed by atoms with E-state index < -0.39 is 14.6 Å². The Morgan fingerprint density at radius 1 is 1.17 bits per heavy atom. The number of sulfone groups is 1. The van der Waals surface area contributed by atoms with Crippen LogP contribution in [0.3, 0.4) is 0 Å². The van der Waals surface area contributed by atoms with E-state index in [0.717, 1.165) is 0 Å². The van der Waals surface area contributed by atoms with Crippen LogP contribution >= 0.6 is 24.0 Å². The van der Waals surface area contributed by atoms with E-state index in [2.05, 4.69) is 34.7 Å². The first-order valence-corrected chi connectivity index (χ1v) is 9.04. The van der Waals surface area contributed by atoms with Gasteiger partial charge in [-0.2, -0.15) is 0 Å². The molecule has 23 heavy (non-hydrogen) atoms. The zero-order valence-corrected chi connectivity index (χ0v) is 17.7. The minimum Gasteiger partial charge on any atom is -0.355 e. The second-order valence-corrected chi connectivity index (χ2v) is 9.07. The lowest BCUT2D eigenvalue weighted by atomic mass is 10.1. The fourth-order valence-electron chi connectivity index (χ4n) is 1.82. The summed E-state index contributed by atoms with van der Waals surface area (Å²) >= 11 is 0. The highest BCUT2D eigenvalue weighted by atomic mass is 127. The zero-order chi connectivity index (χ0) is 16.8. The van der Waals surface area contributed by atoms with Crippen LogP contribution in [0.25, 0.3) is 0 Å². The number of benzene rings is 1. The third-order valence-corrected chi connectivity index (χ3v) is 6.14. The van der Waals surface area contributed by atoms with Crippen LogP contribution in [0.15, 0.2) is 29.3 Å². The van der Waals surface area contributed by atoms with Gasteiger partial charge in [0.05, 0.1) is 10.5 Å². The van der Waals surface area contributed by atoms with Gasteiger partial charge in [0, 0.05) is 20.1 Å². The van der Waals surface area contributed by atoms with Crippen LogP contribution in [-0.2, 0) is 16.4 Å². The SMILES string of the molecule is CN=C(NCCS(=O)(=O)C(C)(C)C)NCc1ccccc1C.I. The molecular weight excluding hydrogens is 425 g/mol. The number of aliphatic imine (C=N–C) groups is 1. The number of hydrogen-bond acceptors (Lipinski definition) is 3. The topological polar surface area (TPSA) is 70.6 Å². The van der Waals surface area contributed by atoms with Gasteiger partial charge in [0.1, 0.15) is 0 Å². The van der Waals surface area contributed by atoms with Gasteiger partial charge in [-0.25, -0.2) is 8.42 Å². The average Bonchev–Trinajstić information content (AvgIpc) is 2.42. The molecule has 0 saturated carbocycles.